The first-order valence-electron chi connectivity index (χ1n) is 5.02. The van der Waals surface area contributed by atoms with E-state index in [0.29, 0.717) is 0 Å². The summed E-state index contributed by atoms with van der Waals surface area (Å²) in [7, 11) is -3.14. The van der Waals surface area contributed by atoms with Gasteiger partial charge in [-0.15, -0.1) is 0 Å². The predicted molar refractivity (Wildman–Crippen MR) is 67.9 cm³/mol. The molecule has 1 atom stereocenters. The van der Waals surface area contributed by atoms with E-state index in [1.54, 1.807) is 13.0 Å². The molecule has 90 valence electrons. The highest BCUT2D eigenvalue weighted by Gasteiger charge is 2.14. The Hall–Kier alpha value is -0.390. The first-order valence-corrected chi connectivity index (χ1v) is 7.64. The van der Waals surface area contributed by atoms with Gasteiger partial charge in [0.25, 0.3) is 0 Å². The molecular weight excluding hydrogens is 292 g/mol. The highest BCUT2D eigenvalue weighted by molar-refractivity contribution is 9.10. The van der Waals surface area contributed by atoms with E-state index in [-0.39, 0.29) is 17.9 Å². The third-order valence-electron chi connectivity index (χ3n) is 2.18. The molecule has 1 aromatic rings. The number of hydrogen-bond acceptors (Lipinski definition) is 3. The van der Waals surface area contributed by atoms with Gasteiger partial charge in [0, 0.05) is 4.47 Å². The molecular formula is C11H15BrO3S. The van der Waals surface area contributed by atoms with Gasteiger partial charge < -0.3 is 5.11 Å². The van der Waals surface area contributed by atoms with Crippen LogP contribution in [-0.2, 0) is 15.6 Å². The van der Waals surface area contributed by atoms with Crippen molar-refractivity contribution in [2.24, 2.45) is 0 Å². The Morgan fingerprint density at radius 3 is 2.56 bits per heavy atom. The lowest BCUT2D eigenvalue weighted by atomic mass is 10.2. The van der Waals surface area contributed by atoms with E-state index in [1.807, 2.05) is 18.2 Å². The highest BCUT2D eigenvalue weighted by atomic mass is 79.9. The fourth-order valence-electron chi connectivity index (χ4n) is 1.27. The monoisotopic (exact) mass is 306 g/mol. The zero-order valence-electron chi connectivity index (χ0n) is 9.06. The molecule has 0 spiro atoms. The molecule has 0 saturated heterocycles. The fraction of sp³-hybridized carbons (Fsp3) is 0.455. The maximum atomic E-state index is 11.7. The van der Waals surface area contributed by atoms with Gasteiger partial charge in [-0.1, -0.05) is 34.1 Å². The molecule has 0 amide bonds. The van der Waals surface area contributed by atoms with Crippen LogP contribution in [-0.4, -0.2) is 25.4 Å². The van der Waals surface area contributed by atoms with Crippen molar-refractivity contribution in [1.82, 2.24) is 0 Å². The summed E-state index contributed by atoms with van der Waals surface area (Å²) in [6, 6.07) is 7.25. The van der Waals surface area contributed by atoms with Gasteiger partial charge >= 0.3 is 0 Å². The second-order valence-electron chi connectivity index (χ2n) is 3.82. The van der Waals surface area contributed by atoms with Crippen LogP contribution in [0.5, 0.6) is 0 Å². The van der Waals surface area contributed by atoms with E-state index < -0.39 is 15.9 Å². The van der Waals surface area contributed by atoms with Crippen molar-refractivity contribution in [3.05, 3.63) is 34.3 Å². The van der Waals surface area contributed by atoms with Crippen molar-refractivity contribution >= 4 is 25.8 Å². The van der Waals surface area contributed by atoms with Crippen LogP contribution < -0.4 is 0 Å². The maximum Gasteiger partial charge on any atom is 0.154 e. The number of aliphatic hydroxyl groups excluding tert-OH is 1. The van der Waals surface area contributed by atoms with Gasteiger partial charge in [-0.2, -0.15) is 0 Å². The molecule has 5 heteroatoms. The lowest BCUT2D eigenvalue weighted by Crippen LogP contribution is -2.14. The zero-order chi connectivity index (χ0) is 12.2. The standard InChI is InChI=1S/C11H15BrO3S/c1-9(13)6-7-16(14,15)8-10-4-2-3-5-11(10)12/h2-5,9,13H,6-8H2,1H3/t9-/m1/s1. The maximum absolute atomic E-state index is 11.7. The molecule has 0 aliphatic carbocycles. The summed E-state index contributed by atoms with van der Waals surface area (Å²) < 4.78 is 24.3. The van der Waals surface area contributed by atoms with Gasteiger partial charge in [0.15, 0.2) is 9.84 Å². The summed E-state index contributed by atoms with van der Waals surface area (Å²) in [5.41, 5.74) is 0.757. The summed E-state index contributed by atoms with van der Waals surface area (Å²) in [6.45, 7) is 1.59. The third kappa shape index (κ3) is 4.63. The third-order valence-corrected chi connectivity index (χ3v) is 4.56. The van der Waals surface area contributed by atoms with E-state index in [4.69, 9.17) is 5.11 Å². The molecule has 3 nitrogen and oxygen atoms in total. The van der Waals surface area contributed by atoms with E-state index >= 15 is 0 Å². The predicted octanol–water partition coefficient (Wildman–Crippen LogP) is 2.13. The Bertz CT molecular complexity index is 440. The number of rotatable bonds is 5. The Labute approximate surface area is 105 Å². The van der Waals surface area contributed by atoms with Crippen LogP contribution >= 0.6 is 15.9 Å². The number of hydrogen-bond donors (Lipinski definition) is 1. The van der Waals surface area contributed by atoms with Gasteiger partial charge in [-0.05, 0) is 25.0 Å². The minimum Gasteiger partial charge on any atom is -0.393 e. The Kier molecular flexibility index (Phi) is 4.95. The summed E-state index contributed by atoms with van der Waals surface area (Å²) in [6.07, 6.45) is -0.291. The van der Waals surface area contributed by atoms with Crippen LogP contribution in [0.4, 0.5) is 0 Å². The summed E-state index contributed by atoms with van der Waals surface area (Å²) in [5.74, 6) is 0.0349. The van der Waals surface area contributed by atoms with Crippen molar-refractivity contribution in [2.75, 3.05) is 5.75 Å². The molecule has 0 heterocycles. The first-order chi connectivity index (χ1) is 7.41. The topological polar surface area (TPSA) is 54.4 Å². The van der Waals surface area contributed by atoms with Crippen LogP contribution in [0.15, 0.2) is 28.7 Å². The summed E-state index contributed by atoms with van der Waals surface area (Å²) in [5, 5.41) is 9.06. The highest BCUT2D eigenvalue weighted by Crippen LogP contribution is 2.19. The molecule has 0 aliphatic rings. The van der Waals surface area contributed by atoms with Crippen molar-refractivity contribution in [2.45, 2.75) is 25.2 Å². The molecule has 0 bridgehead atoms. The molecule has 0 aliphatic heterocycles. The van der Waals surface area contributed by atoms with E-state index in [0.717, 1.165) is 10.0 Å². The lowest BCUT2D eigenvalue weighted by Gasteiger charge is -2.07. The molecule has 0 aromatic heterocycles. The molecule has 16 heavy (non-hydrogen) atoms. The zero-order valence-corrected chi connectivity index (χ0v) is 11.5. The number of benzene rings is 1. The number of halogens is 1. The Morgan fingerprint density at radius 2 is 2.00 bits per heavy atom. The second-order valence-corrected chi connectivity index (χ2v) is 6.86. The molecule has 1 N–H and O–H groups in total. The molecule has 0 unspecified atom stereocenters. The Balaban J connectivity index is 2.70. The van der Waals surface area contributed by atoms with Crippen molar-refractivity contribution in [3.63, 3.8) is 0 Å². The first kappa shape index (κ1) is 13.7. The molecule has 1 aromatic carbocycles. The minimum absolute atomic E-state index is 0.0150. The molecule has 0 fully saturated rings. The van der Waals surface area contributed by atoms with Crippen LogP contribution in [0.3, 0.4) is 0 Å². The quantitative estimate of drug-likeness (QED) is 0.907. The summed E-state index contributed by atoms with van der Waals surface area (Å²) >= 11 is 3.32. The van der Waals surface area contributed by atoms with Crippen molar-refractivity contribution in [3.8, 4) is 0 Å². The van der Waals surface area contributed by atoms with Crippen LogP contribution in [0.2, 0.25) is 0 Å². The number of sulfone groups is 1. The average molecular weight is 307 g/mol. The van der Waals surface area contributed by atoms with Crippen LogP contribution in [0.25, 0.3) is 0 Å². The smallest absolute Gasteiger partial charge is 0.154 e. The fourth-order valence-corrected chi connectivity index (χ4v) is 3.46. The van der Waals surface area contributed by atoms with Crippen LogP contribution in [0, 0.1) is 0 Å². The lowest BCUT2D eigenvalue weighted by molar-refractivity contribution is 0.191. The van der Waals surface area contributed by atoms with Crippen LogP contribution in [0.1, 0.15) is 18.9 Å². The minimum atomic E-state index is -3.14. The van der Waals surface area contributed by atoms with Gasteiger partial charge in [0.1, 0.15) is 0 Å². The Morgan fingerprint density at radius 1 is 1.38 bits per heavy atom. The summed E-state index contributed by atoms with van der Waals surface area (Å²) in [4.78, 5) is 0. The van der Waals surface area contributed by atoms with Crippen molar-refractivity contribution < 1.29 is 13.5 Å². The largest absolute Gasteiger partial charge is 0.393 e. The normalized spacial score (nSPS) is 13.7. The number of aliphatic hydroxyl groups is 1. The van der Waals surface area contributed by atoms with E-state index in [2.05, 4.69) is 15.9 Å². The average Bonchev–Trinajstić information content (AvgIpc) is 2.19. The molecule has 0 saturated carbocycles. The van der Waals surface area contributed by atoms with Gasteiger partial charge in [-0.3, -0.25) is 0 Å². The second kappa shape index (κ2) is 5.80. The van der Waals surface area contributed by atoms with Crippen molar-refractivity contribution in [1.29, 1.82) is 0 Å². The molecule has 1 rings (SSSR count). The van der Waals surface area contributed by atoms with E-state index in [9.17, 15) is 8.42 Å². The van der Waals surface area contributed by atoms with E-state index in [1.165, 1.54) is 0 Å². The van der Waals surface area contributed by atoms with Gasteiger partial charge in [0.05, 0.1) is 17.6 Å². The van der Waals surface area contributed by atoms with Gasteiger partial charge in [-0.25, -0.2) is 8.42 Å². The molecule has 0 radical (unpaired) electrons. The van der Waals surface area contributed by atoms with Gasteiger partial charge in [0.2, 0.25) is 0 Å². The SMILES string of the molecule is C[C@@H](O)CCS(=O)(=O)Cc1ccccc1Br.